The first kappa shape index (κ1) is 14.6. The Bertz CT molecular complexity index is 772. The maximum absolute atomic E-state index is 12.1. The Labute approximate surface area is 127 Å². The van der Waals surface area contributed by atoms with Crippen molar-refractivity contribution in [2.45, 2.75) is 4.90 Å². The van der Waals surface area contributed by atoms with Crippen LogP contribution in [0.5, 0.6) is 0 Å². The number of sulfonamides is 1. The summed E-state index contributed by atoms with van der Waals surface area (Å²) >= 11 is 1.81. The maximum Gasteiger partial charge on any atom is 0.336 e. The number of nitrogens with one attached hydrogen (secondary N) is 1. The number of carbonyl (C=O) groups is 1. The van der Waals surface area contributed by atoms with Gasteiger partial charge in [-0.05, 0) is 46.0 Å². The average Bonchev–Trinajstić information content (AvgIpc) is 2.73. The fourth-order valence-electron chi connectivity index (χ4n) is 1.34. The van der Waals surface area contributed by atoms with Crippen LogP contribution in [0.25, 0.3) is 0 Å². The van der Waals surface area contributed by atoms with E-state index in [9.17, 15) is 13.2 Å². The molecule has 0 amide bonds. The van der Waals surface area contributed by atoms with Crippen molar-refractivity contribution in [3.63, 3.8) is 0 Å². The summed E-state index contributed by atoms with van der Waals surface area (Å²) in [7, 11) is -2.48. The Morgan fingerprint density at radius 2 is 2.15 bits per heavy atom. The van der Waals surface area contributed by atoms with Gasteiger partial charge in [-0.3, -0.25) is 0 Å². The number of aryl methyl sites for hydroxylation is 1. The SMILES string of the molecule is Cn1nnc(NS(=O)(=O)c2ccc(I)c(C(=O)O)c2)n1. The van der Waals surface area contributed by atoms with Gasteiger partial charge in [-0.15, -0.1) is 5.10 Å². The predicted octanol–water partition coefficient (Wildman–Crippen LogP) is 0.314. The van der Waals surface area contributed by atoms with E-state index in [1.807, 2.05) is 22.6 Å². The van der Waals surface area contributed by atoms with Crippen molar-refractivity contribution in [2.75, 3.05) is 4.72 Å². The molecule has 0 aliphatic heterocycles. The van der Waals surface area contributed by atoms with Gasteiger partial charge in [0.25, 0.3) is 16.0 Å². The zero-order valence-electron chi connectivity index (χ0n) is 9.98. The van der Waals surface area contributed by atoms with E-state index in [1.165, 1.54) is 19.2 Å². The number of hydrogen-bond acceptors (Lipinski definition) is 6. The topological polar surface area (TPSA) is 127 Å². The zero-order valence-corrected chi connectivity index (χ0v) is 13.0. The molecule has 0 saturated carbocycles. The Morgan fingerprint density at radius 1 is 1.45 bits per heavy atom. The van der Waals surface area contributed by atoms with Crippen LogP contribution >= 0.6 is 22.6 Å². The van der Waals surface area contributed by atoms with Gasteiger partial charge in [-0.1, -0.05) is 5.10 Å². The summed E-state index contributed by atoms with van der Waals surface area (Å²) in [5.41, 5.74) is -0.0967. The van der Waals surface area contributed by atoms with Gasteiger partial charge in [0.2, 0.25) is 0 Å². The molecule has 0 radical (unpaired) electrons. The first-order valence-electron chi connectivity index (χ1n) is 5.09. The van der Waals surface area contributed by atoms with E-state index in [0.29, 0.717) is 3.57 Å². The summed E-state index contributed by atoms with van der Waals surface area (Å²) in [4.78, 5) is 11.9. The normalized spacial score (nSPS) is 11.3. The summed E-state index contributed by atoms with van der Waals surface area (Å²) in [6, 6.07) is 3.78. The molecule has 0 saturated heterocycles. The third-order valence-electron chi connectivity index (χ3n) is 2.21. The van der Waals surface area contributed by atoms with Crippen molar-refractivity contribution in [1.29, 1.82) is 0 Å². The molecule has 0 unspecified atom stereocenters. The lowest BCUT2D eigenvalue weighted by molar-refractivity contribution is 0.0695. The molecule has 0 atom stereocenters. The van der Waals surface area contributed by atoms with Crippen molar-refractivity contribution in [3.05, 3.63) is 27.3 Å². The summed E-state index contributed by atoms with van der Waals surface area (Å²) in [5.74, 6) is -1.40. The minimum absolute atomic E-state index is 0.0967. The molecular weight excluding hydrogens is 401 g/mol. The quantitative estimate of drug-likeness (QED) is 0.696. The van der Waals surface area contributed by atoms with E-state index in [-0.39, 0.29) is 16.4 Å². The number of tetrazole rings is 1. The fourth-order valence-corrected chi connectivity index (χ4v) is 2.87. The van der Waals surface area contributed by atoms with E-state index in [0.717, 1.165) is 10.9 Å². The van der Waals surface area contributed by atoms with Crippen LogP contribution in [0.1, 0.15) is 10.4 Å². The number of nitrogens with zero attached hydrogens (tertiary/aromatic N) is 4. The molecule has 0 aliphatic rings. The molecule has 1 heterocycles. The van der Waals surface area contributed by atoms with Gasteiger partial charge in [-0.2, -0.15) is 4.80 Å². The van der Waals surface area contributed by atoms with Crippen molar-refractivity contribution >= 4 is 44.5 Å². The van der Waals surface area contributed by atoms with E-state index in [4.69, 9.17) is 5.11 Å². The van der Waals surface area contributed by atoms with Gasteiger partial charge in [-0.25, -0.2) is 17.9 Å². The highest BCUT2D eigenvalue weighted by Crippen LogP contribution is 2.19. The van der Waals surface area contributed by atoms with Crippen LogP contribution in [0, 0.1) is 3.57 Å². The second-order valence-electron chi connectivity index (χ2n) is 3.65. The lowest BCUT2D eigenvalue weighted by Crippen LogP contribution is -2.15. The highest BCUT2D eigenvalue weighted by molar-refractivity contribution is 14.1. The summed E-state index contributed by atoms with van der Waals surface area (Å²) in [6.07, 6.45) is 0. The highest BCUT2D eigenvalue weighted by atomic mass is 127. The number of carboxylic acids is 1. The van der Waals surface area contributed by atoms with Gasteiger partial charge >= 0.3 is 5.97 Å². The molecule has 2 N–H and O–H groups in total. The molecular formula is C9H8IN5O4S. The van der Waals surface area contributed by atoms with Gasteiger partial charge < -0.3 is 5.11 Å². The molecule has 20 heavy (non-hydrogen) atoms. The number of benzene rings is 1. The summed E-state index contributed by atoms with van der Waals surface area (Å²) < 4.78 is 26.7. The van der Waals surface area contributed by atoms with E-state index < -0.39 is 16.0 Å². The van der Waals surface area contributed by atoms with Crippen LogP contribution in [-0.2, 0) is 17.1 Å². The molecule has 0 bridgehead atoms. The molecule has 106 valence electrons. The van der Waals surface area contributed by atoms with Crippen LogP contribution in [0.15, 0.2) is 23.1 Å². The number of carboxylic acid groups (broad SMARTS) is 1. The predicted molar refractivity (Wildman–Crippen MR) is 75.7 cm³/mol. The minimum Gasteiger partial charge on any atom is -0.478 e. The molecule has 0 aliphatic carbocycles. The standard InChI is InChI=1S/C9H8IN5O4S/c1-15-12-9(11-14-15)13-20(18,19)5-2-3-7(10)6(4-5)8(16)17/h2-4H,1H3,(H,12,13)(H,16,17). The zero-order chi connectivity index (χ0) is 14.9. The number of rotatable bonds is 4. The Morgan fingerprint density at radius 3 is 2.70 bits per heavy atom. The minimum atomic E-state index is -3.97. The molecule has 11 heteroatoms. The van der Waals surface area contributed by atoms with Gasteiger partial charge in [0.05, 0.1) is 17.5 Å². The molecule has 9 nitrogen and oxygen atoms in total. The molecule has 2 rings (SSSR count). The second-order valence-corrected chi connectivity index (χ2v) is 6.50. The molecule has 0 spiro atoms. The third kappa shape index (κ3) is 3.04. The van der Waals surface area contributed by atoms with Crippen LogP contribution in [-0.4, -0.2) is 39.7 Å². The number of hydrogen-bond donors (Lipinski definition) is 2. The van der Waals surface area contributed by atoms with E-state index >= 15 is 0 Å². The Hall–Kier alpha value is -1.76. The van der Waals surface area contributed by atoms with Crippen molar-refractivity contribution in [1.82, 2.24) is 20.2 Å². The lowest BCUT2D eigenvalue weighted by Gasteiger charge is -2.06. The number of aromatic nitrogens is 4. The molecule has 1 aromatic heterocycles. The van der Waals surface area contributed by atoms with E-state index in [1.54, 1.807) is 0 Å². The lowest BCUT2D eigenvalue weighted by atomic mass is 10.2. The average molecular weight is 409 g/mol. The monoisotopic (exact) mass is 409 g/mol. The Kier molecular flexibility index (Phi) is 3.89. The van der Waals surface area contributed by atoms with Crippen LogP contribution in [0.3, 0.4) is 0 Å². The number of aromatic carboxylic acids is 1. The van der Waals surface area contributed by atoms with Crippen LogP contribution in [0.2, 0.25) is 0 Å². The smallest absolute Gasteiger partial charge is 0.336 e. The van der Waals surface area contributed by atoms with Crippen molar-refractivity contribution < 1.29 is 18.3 Å². The van der Waals surface area contributed by atoms with Gasteiger partial charge in [0.1, 0.15) is 0 Å². The highest BCUT2D eigenvalue weighted by Gasteiger charge is 2.20. The molecule has 0 fully saturated rings. The third-order valence-corrected chi connectivity index (χ3v) is 4.48. The Balaban J connectivity index is 2.39. The first-order chi connectivity index (χ1) is 9.29. The van der Waals surface area contributed by atoms with Crippen molar-refractivity contribution in [3.8, 4) is 0 Å². The fraction of sp³-hybridized carbons (Fsp3) is 0.111. The summed E-state index contributed by atoms with van der Waals surface area (Å²) in [6.45, 7) is 0. The maximum atomic E-state index is 12.1. The van der Waals surface area contributed by atoms with Gasteiger partial charge in [0, 0.05) is 3.57 Å². The molecule has 2 aromatic rings. The van der Waals surface area contributed by atoms with E-state index in [2.05, 4.69) is 20.1 Å². The number of halogens is 1. The van der Waals surface area contributed by atoms with Crippen molar-refractivity contribution in [2.24, 2.45) is 7.05 Å². The van der Waals surface area contributed by atoms with Gasteiger partial charge in [0.15, 0.2) is 0 Å². The first-order valence-corrected chi connectivity index (χ1v) is 7.65. The molecule has 1 aromatic carbocycles. The summed E-state index contributed by atoms with van der Waals surface area (Å²) in [5, 5.41) is 19.7. The van der Waals surface area contributed by atoms with Crippen LogP contribution in [0.4, 0.5) is 5.95 Å². The largest absolute Gasteiger partial charge is 0.478 e. The number of anilines is 1. The van der Waals surface area contributed by atoms with Crippen LogP contribution < -0.4 is 4.72 Å². The second kappa shape index (κ2) is 5.32.